The number of hydrogen-bond donors (Lipinski definition) is 2. The number of hydrogen-bond acceptors (Lipinski definition) is 4. The van der Waals surface area contributed by atoms with E-state index in [1.165, 1.54) is 0 Å². The lowest BCUT2D eigenvalue weighted by molar-refractivity contribution is 1.23. The van der Waals surface area contributed by atoms with Crippen LogP contribution in [0.15, 0.2) is 18.2 Å². The number of rotatable bonds is 1. The van der Waals surface area contributed by atoms with E-state index >= 15 is 0 Å². The van der Waals surface area contributed by atoms with Crippen molar-refractivity contribution >= 4 is 16.7 Å². The second kappa shape index (κ2) is 3.80. The Kier molecular flexibility index (Phi) is 2.47. The number of benzene rings is 1. The highest BCUT2D eigenvalue weighted by molar-refractivity contribution is 5.88. The molecule has 0 unspecified atom stereocenters. The van der Waals surface area contributed by atoms with Crippen molar-refractivity contribution in [3.63, 3.8) is 0 Å². The summed E-state index contributed by atoms with van der Waals surface area (Å²) < 4.78 is 0. The van der Waals surface area contributed by atoms with E-state index in [0.29, 0.717) is 11.4 Å². The molecule has 16 heavy (non-hydrogen) atoms. The third-order valence-corrected chi connectivity index (χ3v) is 2.66. The number of nitrogens with zero attached hydrogens (tertiary/aromatic N) is 2. The number of nitrogens with two attached hydrogens (primary N) is 1. The van der Waals surface area contributed by atoms with Crippen molar-refractivity contribution in [3.8, 4) is 6.07 Å². The number of pyridine rings is 1. The molecule has 0 atom stereocenters. The number of aromatic nitrogens is 1. The van der Waals surface area contributed by atoms with Crippen LogP contribution < -0.4 is 11.3 Å². The summed E-state index contributed by atoms with van der Waals surface area (Å²) in [6.07, 6.45) is 0. The van der Waals surface area contributed by atoms with Crippen LogP contribution in [0.2, 0.25) is 0 Å². The number of aryl methyl sites for hydroxylation is 2. The molecule has 0 radical (unpaired) electrons. The normalized spacial score (nSPS) is 10.1. The molecule has 1 heterocycles. The van der Waals surface area contributed by atoms with Crippen molar-refractivity contribution in [1.82, 2.24) is 4.98 Å². The Morgan fingerprint density at radius 1 is 1.31 bits per heavy atom. The molecule has 2 rings (SSSR count). The Morgan fingerprint density at radius 3 is 2.62 bits per heavy atom. The molecular formula is C12H12N4. The minimum absolute atomic E-state index is 0.420. The molecule has 0 aliphatic heterocycles. The van der Waals surface area contributed by atoms with Gasteiger partial charge in [0.05, 0.1) is 11.1 Å². The zero-order chi connectivity index (χ0) is 11.7. The first-order valence-electron chi connectivity index (χ1n) is 4.95. The first kappa shape index (κ1) is 10.4. The molecule has 2 aromatic rings. The molecule has 1 aromatic carbocycles. The fourth-order valence-corrected chi connectivity index (χ4v) is 1.73. The molecule has 0 saturated carbocycles. The number of nitrogen functional groups attached to an aromatic ring is 1. The van der Waals surface area contributed by atoms with E-state index in [1.807, 2.05) is 32.0 Å². The van der Waals surface area contributed by atoms with Crippen LogP contribution >= 0.6 is 0 Å². The van der Waals surface area contributed by atoms with Gasteiger partial charge >= 0.3 is 0 Å². The minimum Gasteiger partial charge on any atom is -0.307 e. The van der Waals surface area contributed by atoms with Gasteiger partial charge in [0.25, 0.3) is 0 Å². The van der Waals surface area contributed by atoms with Crippen molar-refractivity contribution in [3.05, 3.63) is 34.9 Å². The van der Waals surface area contributed by atoms with Crippen molar-refractivity contribution in [2.45, 2.75) is 13.8 Å². The highest BCUT2D eigenvalue weighted by atomic mass is 15.2. The fourth-order valence-electron chi connectivity index (χ4n) is 1.73. The Balaban J connectivity index is 2.89. The van der Waals surface area contributed by atoms with Gasteiger partial charge in [0.15, 0.2) is 5.82 Å². The van der Waals surface area contributed by atoms with Crippen LogP contribution in [0.1, 0.15) is 16.7 Å². The second-order valence-corrected chi connectivity index (χ2v) is 3.74. The average molecular weight is 212 g/mol. The molecule has 0 fully saturated rings. The van der Waals surface area contributed by atoms with Gasteiger partial charge in [-0.3, -0.25) is 0 Å². The number of hydrazine groups is 1. The Bertz CT molecular complexity index is 596. The van der Waals surface area contributed by atoms with Gasteiger partial charge in [0, 0.05) is 5.39 Å². The van der Waals surface area contributed by atoms with Gasteiger partial charge in [0.1, 0.15) is 6.07 Å². The highest BCUT2D eigenvalue weighted by Gasteiger charge is 2.08. The molecule has 4 nitrogen and oxygen atoms in total. The van der Waals surface area contributed by atoms with Crippen LogP contribution in [0, 0.1) is 25.2 Å². The summed E-state index contributed by atoms with van der Waals surface area (Å²) >= 11 is 0. The quantitative estimate of drug-likeness (QED) is 0.560. The lowest BCUT2D eigenvalue weighted by atomic mass is 10.0. The van der Waals surface area contributed by atoms with Crippen molar-refractivity contribution in [2.24, 2.45) is 5.84 Å². The van der Waals surface area contributed by atoms with Gasteiger partial charge in [-0.25, -0.2) is 10.8 Å². The Hall–Kier alpha value is -2.12. The van der Waals surface area contributed by atoms with Crippen LogP contribution in [0.25, 0.3) is 10.9 Å². The van der Waals surface area contributed by atoms with Crippen LogP contribution in [0.4, 0.5) is 5.82 Å². The molecule has 0 bridgehead atoms. The third kappa shape index (κ3) is 1.47. The summed E-state index contributed by atoms with van der Waals surface area (Å²) in [5.74, 6) is 5.76. The topological polar surface area (TPSA) is 74.7 Å². The van der Waals surface area contributed by atoms with Gasteiger partial charge in [-0.1, -0.05) is 12.1 Å². The molecule has 0 aliphatic rings. The summed E-state index contributed by atoms with van der Waals surface area (Å²) in [6.45, 7) is 3.99. The van der Waals surface area contributed by atoms with Crippen LogP contribution in [-0.2, 0) is 0 Å². The summed E-state index contributed by atoms with van der Waals surface area (Å²) in [4.78, 5) is 4.37. The summed E-state index contributed by atoms with van der Waals surface area (Å²) in [6, 6.07) is 7.93. The Morgan fingerprint density at radius 2 is 2.00 bits per heavy atom. The summed E-state index contributed by atoms with van der Waals surface area (Å²) in [5.41, 5.74) is 5.97. The zero-order valence-corrected chi connectivity index (χ0v) is 9.20. The molecule has 0 amide bonds. The maximum absolute atomic E-state index is 8.98. The van der Waals surface area contributed by atoms with Crippen molar-refractivity contribution in [2.75, 3.05) is 5.43 Å². The number of anilines is 1. The molecule has 3 N–H and O–H groups in total. The molecule has 80 valence electrons. The molecule has 0 spiro atoms. The molecular weight excluding hydrogens is 200 g/mol. The van der Waals surface area contributed by atoms with Gasteiger partial charge < -0.3 is 5.43 Å². The van der Waals surface area contributed by atoms with E-state index in [-0.39, 0.29) is 0 Å². The largest absolute Gasteiger partial charge is 0.307 e. The maximum atomic E-state index is 8.98. The predicted molar refractivity (Wildman–Crippen MR) is 63.7 cm³/mol. The van der Waals surface area contributed by atoms with Gasteiger partial charge in [0.2, 0.25) is 0 Å². The van der Waals surface area contributed by atoms with Crippen LogP contribution in [-0.4, -0.2) is 4.98 Å². The lowest BCUT2D eigenvalue weighted by Crippen LogP contribution is -2.10. The molecule has 1 aromatic heterocycles. The summed E-state index contributed by atoms with van der Waals surface area (Å²) in [5, 5.41) is 9.98. The smallest absolute Gasteiger partial charge is 0.158 e. The maximum Gasteiger partial charge on any atom is 0.158 e. The second-order valence-electron chi connectivity index (χ2n) is 3.74. The SMILES string of the molecule is Cc1ccc(C)c2nc(NN)c(C#N)cc12. The highest BCUT2D eigenvalue weighted by Crippen LogP contribution is 2.24. The average Bonchev–Trinajstić information content (AvgIpc) is 2.32. The minimum atomic E-state index is 0.420. The van der Waals surface area contributed by atoms with Crippen LogP contribution in [0.3, 0.4) is 0 Å². The van der Waals surface area contributed by atoms with E-state index in [9.17, 15) is 0 Å². The monoisotopic (exact) mass is 212 g/mol. The first-order chi connectivity index (χ1) is 7.67. The third-order valence-electron chi connectivity index (χ3n) is 2.66. The predicted octanol–water partition coefficient (Wildman–Crippen LogP) is 2.01. The van der Waals surface area contributed by atoms with Crippen molar-refractivity contribution < 1.29 is 0 Å². The molecule has 0 aliphatic carbocycles. The number of nitrogens with one attached hydrogen (secondary N) is 1. The van der Waals surface area contributed by atoms with Gasteiger partial charge in [-0.05, 0) is 31.0 Å². The van der Waals surface area contributed by atoms with E-state index < -0.39 is 0 Å². The molecule has 4 heteroatoms. The Labute approximate surface area is 93.7 Å². The van der Waals surface area contributed by atoms with Crippen LogP contribution in [0.5, 0.6) is 0 Å². The number of fused-ring (bicyclic) bond motifs is 1. The van der Waals surface area contributed by atoms with E-state index in [1.54, 1.807) is 0 Å². The van der Waals surface area contributed by atoms with Gasteiger partial charge in [-0.15, -0.1) is 0 Å². The van der Waals surface area contributed by atoms with Gasteiger partial charge in [-0.2, -0.15) is 5.26 Å². The first-order valence-corrected chi connectivity index (χ1v) is 4.95. The van der Waals surface area contributed by atoms with E-state index in [2.05, 4.69) is 16.5 Å². The van der Waals surface area contributed by atoms with E-state index in [0.717, 1.165) is 22.0 Å². The number of nitriles is 1. The standard InChI is InChI=1S/C12H12N4/c1-7-3-4-8(2)11-10(7)5-9(6-13)12(15-11)16-14/h3-5H,14H2,1-2H3,(H,15,16). The molecule has 0 saturated heterocycles. The zero-order valence-electron chi connectivity index (χ0n) is 9.20. The van der Waals surface area contributed by atoms with Crippen molar-refractivity contribution in [1.29, 1.82) is 5.26 Å². The summed E-state index contributed by atoms with van der Waals surface area (Å²) in [7, 11) is 0. The lowest BCUT2D eigenvalue weighted by Gasteiger charge is -2.08. The fraction of sp³-hybridized carbons (Fsp3) is 0.167. The van der Waals surface area contributed by atoms with E-state index in [4.69, 9.17) is 11.1 Å².